The number of amides is 4. The molecule has 38 heavy (non-hydrogen) atoms. The Balaban J connectivity index is 1.42. The number of nitrogens with one attached hydrogen (secondary N) is 4. The predicted molar refractivity (Wildman–Crippen MR) is 141 cm³/mol. The maximum Gasteiger partial charge on any atom is 0.267 e. The minimum absolute atomic E-state index is 0.153. The molecule has 1 atom stereocenters. The fourth-order valence-corrected chi connectivity index (χ4v) is 3.78. The highest BCUT2D eigenvalue weighted by Crippen LogP contribution is 2.10. The van der Waals surface area contributed by atoms with Crippen LogP contribution in [0.2, 0.25) is 0 Å². The molecule has 2 aromatic carbocycles. The largest absolute Gasteiger partial charge is 0.343 e. The number of carbonyl (C=O) groups is 4. The first-order chi connectivity index (χ1) is 18.4. The Hall–Kier alpha value is -4.24. The Bertz CT molecular complexity index is 1190. The van der Waals surface area contributed by atoms with Gasteiger partial charge in [0.25, 0.3) is 11.8 Å². The van der Waals surface area contributed by atoms with Gasteiger partial charge in [-0.05, 0) is 67.9 Å². The zero-order valence-corrected chi connectivity index (χ0v) is 21.0. The van der Waals surface area contributed by atoms with Crippen LogP contribution in [-0.4, -0.2) is 72.5 Å². The molecule has 3 rings (SSSR count). The molecule has 11 heteroatoms. The van der Waals surface area contributed by atoms with Crippen molar-refractivity contribution in [2.45, 2.75) is 25.3 Å². The highest BCUT2D eigenvalue weighted by Gasteiger charge is 2.20. The van der Waals surface area contributed by atoms with Crippen molar-refractivity contribution in [2.75, 3.05) is 38.0 Å². The van der Waals surface area contributed by atoms with Crippen LogP contribution in [0, 0.1) is 11.8 Å². The fourth-order valence-electron chi connectivity index (χ4n) is 3.78. The number of benzene rings is 2. The van der Waals surface area contributed by atoms with Crippen LogP contribution in [0.5, 0.6) is 0 Å². The number of nitrogens with two attached hydrogens (primary N) is 1. The molecule has 7 N–H and O–H groups in total. The molecule has 2 aromatic rings. The third-order valence-corrected chi connectivity index (χ3v) is 5.87. The lowest BCUT2D eigenvalue weighted by molar-refractivity contribution is -0.131. The van der Waals surface area contributed by atoms with E-state index in [4.69, 9.17) is 10.9 Å². The fraction of sp³-hybridized carbons (Fsp3) is 0.333. The molecule has 200 valence electrons. The van der Waals surface area contributed by atoms with Gasteiger partial charge in [0.05, 0.1) is 6.54 Å². The molecule has 0 saturated carbocycles. The molecule has 0 radical (unpaired) electrons. The van der Waals surface area contributed by atoms with E-state index in [0.29, 0.717) is 29.8 Å². The first-order valence-corrected chi connectivity index (χ1v) is 12.3. The van der Waals surface area contributed by atoms with Crippen molar-refractivity contribution in [3.8, 4) is 11.8 Å². The summed E-state index contributed by atoms with van der Waals surface area (Å²) in [5, 5.41) is 17.1. The second-order valence-electron chi connectivity index (χ2n) is 8.71. The number of anilines is 1. The van der Waals surface area contributed by atoms with Crippen LogP contribution in [0.25, 0.3) is 0 Å². The van der Waals surface area contributed by atoms with Gasteiger partial charge in [0.1, 0.15) is 6.04 Å². The lowest BCUT2D eigenvalue weighted by Gasteiger charge is -2.15. The average Bonchev–Trinajstić information content (AvgIpc) is 3.35. The molecule has 1 fully saturated rings. The summed E-state index contributed by atoms with van der Waals surface area (Å²) in [6.45, 7) is 2.23. The van der Waals surface area contributed by atoms with Gasteiger partial charge in [0, 0.05) is 48.4 Å². The second-order valence-corrected chi connectivity index (χ2v) is 8.71. The van der Waals surface area contributed by atoms with Crippen molar-refractivity contribution in [3.63, 3.8) is 0 Å². The maximum atomic E-state index is 12.3. The summed E-state index contributed by atoms with van der Waals surface area (Å²) >= 11 is 0. The SMILES string of the molecule is NC[C@H](NC(=O)c1ccc(C#Cc2ccc(NC(=O)CNCCCN3CCCC3=O)cc2)cc1)C(=O)NO. The Morgan fingerprint density at radius 2 is 1.68 bits per heavy atom. The number of hydrogen-bond donors (Lipinski definition) is 6. The number of hydroxylamine groups is 1. The van der Waals surface area contributed by atoms with E-state index in [1.807, 2.05) is 4.90 Å². The molecular weight excluding hydrogens is 488 g/mol. The number of nitrogens with zero attached hydrogens (tertiary/aromatic N) is 1. The monoisotopic (exact) mass is 520 g/mol. The molecule has 1 heterocycles. The molecule has 0 aromatic heterocycles. The highest BCUT2D eigenvalue weighted by atomic mass is 16.5. The van der Waals surface area contributed by atoms with Crippen molar-refractivity contribution in [1.29, 1.82) is 0 Å². The lowest BCUT2D eigenvalue weighted by Crippen LogP contribution is -2.50. The van der Waals surface area contributed by atoms with Gasteiger partial charge in [-0.2, -0.15) is 0 Å². The summed E-state index contributed by atoms with van der Waals surface area (Å²) in [6.07, 6.45) is 2.37. The Morgan fingerprint density at radius 3 is 2.26 bits per heavy atom. The van der Waals surface area contributed by atoms with E-state index in [0.717, 1.165) is 31.5 Å². The van der Waals surface area contributed by atoms with E-state index in [9.17, 15) is 19.2 Å². The van der Waals surface area contributed by atoms with E-state index in [1.54, 1.807) is 48.5 Å². The highest BCUT2D eigenvalue weighted by molar-refractivity contribution is 5.97. The normalized spacial score (nSPS) is 13.3. The molecule has 0 spiro atoms. The van der Waals surface area contributed by atoms with E-state index in [2.05, 4.69) is 27.8 Å². The van der Waals surface area contributed by atoms with Crippen molar-refractivity contribution in [2.24, 2.45) is 5.73 Å². The standard InChI is InChI=1S/C27H32N6O5/c28-17-23(27(37)32-38)31-26(36)21-10-6-19(7-11-21)4-5-20-8-12-22(13-9-20)30-24(34)18-29-14-2-16-33-15-1-3-25(33)35/h6-13,23,29,38H,1-3,14-18,28H2,(H,30,34)(H,31,36)(H,32,37)/t23-/m0/s1. The Labute approximate surface area is 221 Å². The van der Waals surface area contributed by atoms with Crippen molar-refractivity contribution in [3.05, 3.63) is 65.2 Å². The minimum atomic E-state index is -1.05. The maximum absolute atomic E-state index is 12.3. The smallest absolute Gasteiger partial charge is 0.267 e. The Morgan fingerprint density at radius 1 is 1.03 bits per heavy atom. The molecule has 11 nitrogen and oxygen atoms in total. The molecule has 1 aliphatic rings. The molecule has 4 amide bonds. The quantitative estimate of drug-likeness (QED) is 0.106. The van der Waals surface area contributed by atoms with Crippen LogP contribution >= 0.6 is 0 Å². The minimum Gasteiger partial charge on any atom is -0.343 e. The van der Waals surface area contributed by atoms with Crippen molar-refractivity contribution >= 4 is 29.3 Å². The second kappa shape index (κ2) is 14.5. The lowest BCUT2D eigenvalue weighted by atomic mass is 10.1. The van der Waals surface area contributed by atoms with E-state index in [1.165, 1.54) is 5.48 Å². The van der Waals surface area contributed by atoms with Crippen LogP contribution in [0.3, 0.4) is 0 Å². The van der Waals surface area contributed by atoms with E-state index < -0.39 is 17.9 Å². The third-order valence-electron chi connectivity index (χ3n) is 5.87. The zero-order valence-electron chi connectivity index (χ0n) is 21.0. The van der Waals surface area contributed by atoms with Crippen LogP contribution < -0.4 is 27.2 Å². The van der Waals surface area contributed by atoms with Gasteiger partial charge in [-0.1, -0.05) is 11.8 Å². The summed E-state index contributed by atoms with van der Waals surface area (Å²) in [5.74, 6) is 4.79. The van der Waals surface area contributed by atoms with Crippen LogP contribution in [0.1, 0.15) is 40.7 Å². The summed E-state index contributed by atoms with van der Waals surface area (Å²) < 4.78 is 0. The molecule has 1 aliphatic heterocycles. The zero-order chi connectivity index (χ0) is 27.3. The summed E-state index contributed by atoms with van der Waals surface area (Å²) in [7, 11) is 0. The van der Waals surface area contributed by atoms with Gasteiger partial charge in [-0.3, -0.25) is 24.4 Å². The molecule has 0 aliphatic carbocycles. The molecule has 0 unspecified atom stereocenters. The van der Waals surface area contributed by atoms with Gasteiger partial charge in [-0.25, -0.2) is 5.48 Å². The molecule has 0 bridgehead atoms. The van der Waals surface area contributed by atoms with Gasteiger partial charge in [0.15, 0.2) is 0 Å². The van der Waals surface area contributed by atoms with Gasteiger partial charge in [0.2, 0.25) is 11.8 Å². The number of likely N-dealkylation sites (tertiary alicyclic amines) is 1. The van der Waals surface area contributed by atoms with Crippen LogP contribution in [-0.2, 0) is 14.4 Å². The Kier molecular flexibility index (Phi) is 10.8. The molecular formula is C27H32N6O5. The first kappa shape index (κ1) is 28.3. The topological polar surface area (TPSA) is 166 Å². The van der Waals surface area contributed by atoms with Gasteiger partial charge >= 0.3 is 0 Å². The van der Waals surface area contributed by atoms with E-state index in [-0.39, 0.29) is 24.9 Å². The number of rotatable bonds is 11. The van der Waals surface area contributed by atoms with Crippen LogP contribution in [0.15, 0.2) is 48.5 Å². The van der Waals surface area contributed by atoms with Gasteiger partial charge < -0.3 is 26.6 Å². The number of carbonyl (C=O) groups excluding carboxylic acids is 4. The van der Waals surface area contributed by atoms with Crippen molar-refractivity contribution < 1.29 is 24.4 Å². The molecule has 1 saturated heterocycles. The summed E-state index contributed by atoms with van der Waals surface area (Å²) in [4.78, 5) is 49.3. The van der Waals surface area contributed by atoms with E-state index >= 15 is 0 Å². The third kappa shape index (κ3) is 8.70. The summed E-state index contributed by atoms with van der Waals surface area (Å²) in [5.41, 5.74) is 9.31. The summed E-state index contributed by atoms with van der Waals surface area (Å²) in [6, 6.07) is 12.6. The van der Waals surface area contributed by atoms with Gasteiger partial charge in [-0.15, -0.1) is 0 Å². The van der Waals surface area contributed by atoms with Crippen molar-refractivity contribution in [1.82, 2.24) is 21.0 Å². The predicted octanol–water partition coefficient (Wildman–Crippen LogP) is 0.190. The van der Waals surface area contributed by atoms with Crippen LogP contribution in [0.4, 0.5) is 5.69 Å². The average molecular weight is 521 g/mol. The number of hydrogen-bond acceptors (Lipinski definition) is 7. The first-order valence-electron chi connectivity index (χ1n) is 12.3.